The minimum absolute atomic E-state index is 0. The van der Waals surface area contributed by atoms with E-state index in [2.05, 4.69) is 13.8 Å². The number of ether oxygens (including phenoxy) is 1. The second-order valence-electron chi connectivity index (χ2n) is 7.02. The number of hydrogen-bond acceptors (Lipinski definition) is 4. The van der Waals surface area contributed by atoms with Gasteiger partial charge in [-0.3, -0.25) is 9.59 Å². The molecule has 2 aromatic rings. The van der Waals surface area contributed by atoms with Crippen LogP contribution in [0.2, 0.25) is 0 Å². The van der Waals surface area contributed by atoms with Gasteiger partial charge in [-0.15, -0.1) is 12.4 Å². The van der Waals surface area contributed by atoms with Gasteiger partial charge in [0.1, 0.15) is 5.75 Å². The van der Waals surface area contributed by atoms with Gasteiger partial charge in [-0.2, -0.15) is 0 Å². The van der Waals surface area contributed by atoms with E-state index in [9.17, 15) is 9.59 Å². The molecule has 0 aromatic heterocycles. The quantitative estimate of drug-likeness (QED) is 0.648. The predicted molar refractivity (Wildman–Crippen MR) is 114 cm³/mol. The minimum Gasteiger partial charge on any atom is -0.484 e. The number of halogens is 1. The fourth-order valence-corrected chi connectivity index (χ4v) is 2.51. The Morgan fingerprint density at radius 3 is 2.14 bits per heavy atom. The summed E-state index contributed by atoms with van der Waals surface area (Å²) in [5.41, 5.74) is 7.24. The zero-order valence-corrected chi connectivity index (χ0v) is 17.4. The number of benzene rings is 2. The Morgan fingerprint density at radius 1 is 1.00 bits per heavy atom. The van der Waals surface area contributed by atoms with Crippen LogP contribution in [-0.2, 0) is 4.79 Å². The van der Waals surface area contributed by atoms with Crippen molar-refractivity contribution >= 4 is 24.1 Å². The second-order valence-corrected chi connectivity index (χ2v) is 7.02. The van der Waals surface area contributed by atoms with E-state index in [0.29, 0.717) is 29.3 Å². The topological polar surface area (TPSA) is 72.6 Å². The van der Waals surface area contributed by atoms with Crippen molar-refractivity contribution in [3.8, 4) is 5.75 Å². The Morgan fingerprint density at radius 2 is 1.57 bits per heavy atom. The van der Waals surface area contributed by atoms with E-state index >= 15 is 0 Å². The number of carbonyl (C=O) groups excluding carboxylic acids is 2. The van der Waals surface area contributed by atoms with Gasteiger partial charge in [0, 0.05) is 30.8 Å². The van der Waals surface area contributed by atoms with Gasteiger partial charge in [0.05, 0.1) is 0 Å². The van der Waals surface area contributed by atoms with Gasteiger partial charge < -0.3 is 15.4 Å². The average molecular weight is 405 g/mol. The van der Waals surface area contributed by atoms with Crippen molar-refractivity contribution in [1.82, 2.24) is 4.90 Å². The molecule has 0 fully saturated rings. The van der Waals surface area contributed by atoms with Crippen molar-refractivity contribution in [3.63, 3.8) is 0 Å². The predicted octanol–water partition coefficient (Wildman–Crippen LogP) is 3.55. The Balaban J connectivity index is 0.00000392. The summed E-state index contributed by atoms with van der Waals surface area (Å²) in [6.45, 7) is 4.70. The Kier molecular flexibility index (Phi) is 9.69. The van der Waals surface area contributed by atoms with Crippen molar-refractivity contribution in [2.24, 2.45) is 11.7 Å². The first-order chi connectivity index (χ1) is 12.9. The molecular formula is C22H29ClN2O3. The molecule has 0 aliphatic heterocycles. The highest BCUT2D eigenvalue weighted by Crippen LogP contribution is 2.15. The SMILES string of the molecule is CC(C)C(N)CCN(C)C(=O)COc1ccc(C(=O)c2ccccc2)cc1.Cl. The van der Waals surface area contributed by atoms with Crippen LogP contribution in [0.3, 0.4) is 0 Å². The molecular weight excluding hydrogens is 376 g/mol. The van der Waals surface area contributed by atoms with Crippen LogP contribution in [0.1, 0.15) is 36.2 Å². The highest BCUT2D eigenvalue weighted by Gasteiger charge is 2.14. The van der Waals surface area contributed by atoms with E-state index in [1.807, 2.05) is 18.2 Å². The van der Waals surface area contributed by atoms with Gasteiger partial charge in [0.2, 0.25) is 0 Å². The fraction of sp³-hybridized carbons (Fsp3) is 0.364. The van der Waals surface area contributed by atoms with E-state index in [0.717, 1.165) is 6.42 Å². The van der Waals surface area contributed by atoms with E-state index in [1.54, 1.807) is 48.3 Å². The lowest BCUT2D eigenvalue weighted by atomic mass is 10.0. The maximum Gasteiger partial charge on any atom is 0.260 e. The van der Waals surface area contributed by atoms with Crippen LogP contribution in [0.15, 0.2) is 54.6 Å². The molecule has 0 spiro atoms. The van der Waals surface area contributed by atoms with Crippen LogP contribution in [-0.4, -0.2) is 42.8 Å². The van der Waals surface area contributed by atoms with E-state index in [4.69, 9.17) is 10.5 Å². The Bertz CT molecular complexity index is 748. The summed E-state index contributed by atoms with van der Waals surface area (Å²) in [6.07, 6.45) is 0.760. The molecule has 28 heavy (non-hydrogen) atoms. The molecule has 0 bridgehead atoms. The zero-order chi connectivity index (χ0) is 19.8. The van der Waals surface area contributed by atoms with Crippen LogP contribution in [0.5, 0.6) is 5.75 Å². The second kappa shape index (κ2) is 11.5. The van der Waals surface area contributed by atoms with Crippen LogP contribution in [0, 0.1) is 5.92 Å². The number of hydrogen-bond donors (Lipinski definition) is 1. The number of ketones is 1. The van der Waals surface area contributed by atoms with E-state index < -0.39 is 0 Å². The highest BCUT2D eigenvalue weighted by molar-refractivity contribution is 6.08. The molecule has 5 nitrogen and oxygen atoms in total. The first-order valence-corrected chi connectivity index (χ1v) is 9.20. The van der Waals surface area contributed by atoms with Crippen LogP contribution in [0.4, 0.5) is 0 Å². The molecule has 152 valence electrons. The maximum absolute atomic E-state index is 12.4. The standard InChI is InChI=1S/C22H28N2O3.ClH/c1-16(2)20(23)13-14-24(3)21(25)15-27-19-11-9-18(10-12-19)22(26)17-7-5-4-6-8-17;/h4-12,16,20H,13-15,23H2,1-3H3;1H. The number of nitrogens with two attached hydrogens (primary N) is 1. The average Bonchev–Trinajstić information content (AvgIpc) is 2.70. The molecule has 2 rings (SSSR count). The third-order valence-electron chi connectivity index (χ3n) is 4.59. The van der Waals surface area contributed by atoms with E-state index in [-0.39, 0.29) is 36.7 Å². The van der Waals surface area contributed by atoms with Crippen LogP contribution < -0.4 is 10.5 Å². The van der Waals surface area contributed by atoms with Gasteiger partial charge in [0.25, 0.3) is 5.91 Å². The van der Waals surface area contributed by atoms with Crippen LogP contribution in [0.25, 0.3) is 0 Å². The maximum atomic E-state index is 12.4. The van der Waals surface area contributed by atoms with Crippen molar-refractivity contribution in [1.29, 1.82) is 0 Å². The van der Waals surface area contributed by atoms with Crippen molar-refractivity contribution in [2.45, 2.75) is 26.3 Å². The molecule has 1 atom stereocenters. The lowest BCUT2D eigenvalue weighted by Gasteiger charge is -2.21. The van der Waals surface area contributed by atoms with Gasteiger partial charge in [0.15, 0.2) is 12.4 Å². The first-order valence-electron chi connectivity index (χ1n) is 9.20. The first kappa shape index (κ1) is 23.7. The molecule has 0 saturated carbocycles. The van der Waals surface area contributed by atoms with Gasteiger partial charge >= 0.3 is 0 Å². The number of nitrogens with zero attached hydrogens (tertiary/aromatic N) is 1. The van der Waals surface area contributed by atoms with Crippen molar-refractivity contribution in [2.75, 3.05) is 20.2 Å². The minimum atomic E-state index is -0.101. The van der Waals surface area contributed by atoms with Gasteiger partial charge in [-0.05, 0) is 36.6 Å². The van der Waals surface area contributed by atoms with Gasteiger partial charge in [-0.1, -0.05) is 44.2 Å². The van der Waals surface area contributed by atoms with Crippen molar-refractivity contribution < 1.29 is 14.3 Å². The monoisotopic (exact) mass is 404 g/mol. The lowest BCUT2D eigenvalue weighted by Crippen LogP contribution is -2.36. The summed E-state index contributed by atoms with van der Waals surface area (Å²) < 4.78 is 5.55. The molecule has 0 saturated heterocycles. The molecule has 1 amide bonds. The summed E-state index contributed by atoms with van der Waals surface area (Å²) in [4.78, 5) is 26.2. The largest absolute Gasteiger partial charge is 0.484 e. The molecule has 0 heterocycles. The Hall–Kier alpha value is -2.37. The third-order valence-corrected chi connectivity index (χ3v) is 4.59. The van der Waals surface area contributed by atoms with Crippen molar-refractivity contribution in [3.05, 3.63) is 65.7 Å². The number of amides is 1. The molecule has 0 aliphatic rings. The zero-order valence-electron chi connectivity index (χ0n) is 16.6. The van der Waals surface area contributed by atoms with Gasteiger partial charge in [-0.25, -0.2) is 0 Å². The molecule has 1 unspecified atom stereocenters. The number of rotatable bonds is 9. The highest BCUT2D eigenvalue weighted by atomic mass is 35.5. The van der Waals surface area contributed by atoms with E-state index in [1.165, 1.54) is 0 Å². The smallest absolute Gasteiger partial charge is 0.260 e. The molecule has 0 aliphatic carbocycles. The third kappa shape index (κ3) is 6.98. The fourth-order valence-electron chi connectivity index (χ4n) is 2.51. The molecule has 6 heteroatoms. The van der Waals surface area contributed by atoms with Crippen LogP contribution >= 0.6 is 12.4 Å². The Labute approximate surface area is 173 Å². The molecule has 0 radical (unpaired) electrons. The number of likely N-dealkylation sites (N-methyl/N-ethyl adjacent to an activating group) is 1. The lowest BCUT2D eigenvalue weighted by molar-refractivity contribution is -0.132. The summed E-state index contributed by atoms with van der Waals surface area (Å²) in [5.74, 6) is 0.803. The summed E-state index contributed by atoms with van der Waals surface area (Å²) >= 11 is 0. The molecule has 2 aromatic carbocycles. The summed E-state index contributed by atoms with van der Waals surface area (Å²) in [5, 5.41) is 0. The number of carbonyl (C=O) groups is 2. The molecule has 2 N–H and O–H groups in total. The summed E-state index contributed by atoms with van der Waals surface area (Å²) in [6, 6.07) is 16.0. The normalized spacial score (nSPS) is 11.5. The summed E-state index contributed by atoms with van der Waals surface area (Å²) in [7, 11) is 1.75.